The fraction of sp³-hybridized carbons (Fsp3) is 0.136. The monoisotopic (exact) mass is 529 g/mol. The Labute approximate surface area is 189 Å². The molecule has 0 fully saturated rings. The van der Waals surface area contributed by atoms with Crippen LogP contribution in [0.1, 0.15) is 5.56 Å². The van der Waals surface area contributed by atoms with Crippen molar-refractivity contribution in [2.45, 2.75) is 17.0 Å². The third-order valence-corrected chi connectivity index (χ3v) is 7.89. The molecule has 0 aliphatic carbocycles. The molecule has 1 unspecified atom stereocenters. The molecule has 171 valence electrons. The molecule has 4 aromatic rings. The van der Waals surface area contributed by atoms with Gasteiger partial charge in [-0.3, -0.25) is 0 Å². The van der Waals surface area contributed by atoms with Crippen LogP contribution >= 0.6 is 0 Å². The predicted octanol–water partition coefficient (Wildman–Crippen LogP) is 4.78. The second-order valence-corrected chi connectivity index (χ2v) is 9.46. The number of rotatable bonds is 5. The summed E-state index contributed by atoms with van der Waals surface area (Å²) in [6, 6.07) is 9.52. The van der Waals surface area contributed by atoms with Crippen LogP contribution < -0.4 is 4.35 Å². The third-order valence-electron chi connectivity index (χ3n) is 5.03. The maximum absolute atomic E-state index is 13.9. The van der Waals surface area contributed by atoms with E-state index in [-0.39, 0.29) is 5.39 Å². The van der Waals surface area contributed by atoms with Gasteiger partial charge in [-0.15, -0.1) is 0 Å². The van der Waals surface area contributed by atoms with Gasteiger partial charge in [0.2, 0.25) is 0 Å². The van der Waals surface area contributed by atoms with Gasteiger partial charge in [0.25, 0.3) is 0 Å². The van der Waals surface area contributed by atoms with Crippen molar-refractivity contribution in [2.24, 2.45) is 0 Å². The first-order valence-corrected chi connectivity index (χ1v) is 11.6. The fourth-order valence-electron chi connectivity index (χ4n) is 3.30. The minimum atomic E-state index is -5.16. The number of alkyl halides is 3. The summed E-state index contributed by atoms with van der Waals surface area (Å²) in [6.45, 7) is 0. The Hall–Kier alpha value is -2.84. The Morgan fingerprint density at radius 1 is 0.848 bits per heavy atom. The summed E-state index contributed by atoms with van der Waals surface area (Å²) in [5.41, 5.74) is -3.05. The van der Waals surface area contributed by atoms with Gasteiger partial charge in [-0.1, -0.05) is 0 Å². The number of nitrogens with zero attached hydrogens (tertiary/aromatic N) is 2. The first-order valence-electron chi connectivity index (χ1n) is 9.35. The average molecular weight is 529 g/mol. The fourth-order valence-corrected chi connectivity index (χ4v) is 5.78. The molecule has 1 N–H and O–H groups in total. The molecule has 0 aliphatic heterocycles. The summed E-state index contributed by atoms with van der Waals surface area (Å²) < 4.78 is 96.6. The second kappa shape index (κ2) is 8.50. The van der Waals surface area contributed by atoms with Gasteiger partial charge in [-0.25, -0.2) is 0 Å². The maximum atomic E-state index is 13.9. The van der Waals surface area contributed by atoms with E-state index in [9.17, 15) is 35.8 Å². The molecule has 0 spiro atoms. The SMILES string of the molecule is OC(C[As]c1c(F)cc(F)cc1F)(c1ccc2c(cnn2-c2ccc(F)cc2)c1)C(F)(F)F. The van der Waals surface area contributed by atoms with E-state index < -0.39 is 65.9 Å². The number of hydrogen-bond donors (Lipinski definition) is 1. The van der Waals surface area contributed by atoms with Crippen LogP contribution in [0.15, 0.2) is 60.8 Å². The van der Waals surface area contributed by atoms with E-state index in [1.54, 1.807) is 0 Å². The van der Waals surface area contributed by atoms with Crippen molar-refractivity contribution in [1.82, 2.24) is 9.78 Å². The van der Waals surface area contributed by atoms with Gasteiger partial charge in [0.15, 0.2) is 0 Å². The summed E-state index contributed by atoms with van der Waals surface area (Å²) in [7, 11) is 0. The second-order valence-electron chi connectivity index (χ2n) is 7.20. The quantitative estimate of drug-likeness (QED) is 0.299. The van der Waals surface area contributed by atoms with Crippen molar-refractivity contribution in [3.63, 3.8) is 0 Å². The zero-order chi connectivity index (χ0) is 24.0. The van der Waals surface area contributed by atoms with E-state index in [1.165, 1.54) is 41.2 Å². The Kier molecular flexibility index (Phi) is 6.01. The van der Waals surface area contributed by atoms with E-state index in [0.29, 0.717) is 23.3 Å². The van der Waals surface area contributed by atoms with Crippen LogP contribution in [0.5, 0.6) is 0 Å². The Morgan fingerprint density at radius 2 is 1.48 bits per heavy atom. The van der Waals surface area contributed by atoms with Crippen molar-refractivity contribution >= 4 is 31.0 Å². The van der Waals surface area contributed by atoms with Crippen LogP contribution in [-0.4, -0.2) is 36.8 Å². The molecule has 1 heterocycles. The standard InChI is InChI=1S/C22H13AsF7N2O/c24-14-2-4-16(5-3-14)32-19-6-1-13(7-12(19)10-31-32)21(33,22(28,29)30)11-23-20-17(26)8-15(25)9-18(20)27/h1-10,33H,11H2. The van der Waals surface area contributed by atoms with Crippen molar-refractivity contribution in [1.29, 1.82) is 0 Å². The summed E-state index contributed by atoms with van der Waals surface area (Å²) in [5.74, 6) is -4.25. The van der Waals surface area contributed by atoms with Crippen molar-refractivity contribution < 1.29 is 35.8 Å². The number of hydrogen-bond acceptors (Lipinski definition) is 2. The van der Waals surface area contributed by atoms with E-state index >= 15 is 0 Å². The predicted molar refractivity (Wildman–Crippen MR) is 107 cm³/mol. The Morgan fingerprint density at radius 3 is 2.09 bits per heavy atom. The van der Waals surface area contributed by atoms with Crippen LogP contribution in [0.3, 0.4) is 0 Å². The van der Waals surface area contributed by atoms with E-state index in [2.05, 4.69) is 5.10 Å². The summed E-state index contributed by atoms with van der Waals surface area (Å²) in [4.78, 5) is 0. The van der Waals surface area contributed by atoms with Crippen LogP contribution in [0.2, 0.25) is 5.21 Å². The Balaban J connectivity index is 1.71. The van der Waals surface area contributed by atoms with Gasteiger partial charge in [0.1, 0.15) is 0 Å². The van der Waals surface area contributed by atoms with Gasteiger partial charge in [-0.2, -0.15) is 0 Å². The van der Waals surface area contributed by atoms with E-state index in [4.69, 9.17) is 0 Å². The van der Waals surface area contributed by atoms with Gasteiger partial charge in [0, 0.05) is 0 Å². The number of aliphatic hydroxyl groups is 1. The van der Waals surface area contributed by atoms with Crippen molar-refractivity contribution in [3.8, 4) is 5.69 Å². The molecule has 1 aromatic heterocycles. The molecule has 0 saturated carbocycles. The summed E-state index contributed by atoms with van der Waals surface area (Å²) in [5, 5.41) is 14.0. The van der Waals surface area contributed by atoms with Crippen LogP contribution in [0, 0.1) is 23.3 Å². The van der Waals surface area contributed by atoms with E-state index in [1.807, 2.05) is 0 Å². The Bertz CT molecular complexity index is 1300. The third kappa shape index (κ3) is 4.37. The van der Waals surface area contributed by atoms with Gasteiger partial charge in [-0.05, 0) is 0 Å². The molecule has 33 heavy (non-hydrogen) atoms. The molecule has 0 aliphatic rings. The summed E-state index contributed by atoms with van der Waals surface area (Å²) in [6.07, 6.45) is -3.87. The number of halogens is 7. The zero-order valence-corrected chi connectivity index (χ0v) is 18.3. The van der Waals surface area contributed by atoms with Crippen LogP contribution in [0.25, 0.3) is 16.6 Å². The number of benzene rings is 3. The zero-order valence-electron chi connectivity index (χ0n) is 16.4. The molecular weight excluding hydrogens is 516 g/mol. The molecule has 1 radical (unpaired) electrons. The van der Waals surface area contributed by atoms with Crippen molar-refractivity contribution in [2.75, 3.05) is 0 Å². The number of aromatic nitrogens is 2. The van der Waals surface area contributed by atoms with E-state index in [0.717, 1.165) is 12.1 Å². The molecule has 0 amide bonds. The molecule has 11 heteroatoms. The molecule has 4 rings (SSSR count). The van der Waals surface area contributed by atoms with Crippen LogP contribution in [-0.2, 0) is 5.60 Å². The normalized spacial score (nSPS) is 14.3. The number of fused-ring (bicyclic) bond motifs is 1. The molecule has 3 nitrogen and oxygen atoms in total. The first-order chi connectivity index (χ1) is 15.5. The van der Waals surface area contributed by atoms with Gasteiger partial charge in [0.05, 0.1) is 0 Å². The van der Waals surface area contributed by atoms with Gasteiger partial charge >= 0.3 is 189 Å². The van der Waals surface area contributed by atoms with Crippen LogP contribution in [0.4, 0.5) is 30.7 Å². The molecule has 1 atom stereocenters. The molecule has 3 aromatic carbocycles. The minimum absolute atomic E-state index is 0.259. The topological polar surface area (TPSA) is 38.1 Å². The molecule has 0 saturated heterocycles. The first kappa shape index (κ1) is 23.3. The molecular formula is C22H13AsF7N2O. The average Bonchev–Trinajstić information content (AvgIpc) is 3.16. The van der Waals surface area contributed by atoms with Crippen molar-refractivity contribution in [3.05, 3.63) is 89.6 Å². The summed E-state index contributed by atoms with van der Waals surface area (Å²) >= 11 is -1.86. The van der Waals surface area contributed by atoms with Gasteiger partial charge < -0.3 is 0 Å². The molecule has 0 bridgehead atoms.